The summed E-state index contributed by atoms with van der Waals surface area (Å²) in [5.74, 6) is 0.909. The molecule has 1 heterocycles. The Kier molecular flexibility index (Phi) is 4.05. The van der Waals surface area contributed by atoms with Crippen molar-refractivity contribution in [3.05, 3.63) is 22.2 Å². The lowest BCUT2D eigenvalue weighted by Gasteiger charge is -2.02. The SMILES string of the molecule is CCc1cc(=S)nc(CCOC)[nH]1. The van der Waals surface area contributed by atoms with Crippen molar-refractivity contribution in [3.8, 4) is 0 Å². The zero-order valence-corrected chi connectivity index (χ0v) is 8.78. The minimum Gasteiger partial charge on any atom is -0.384 e. The molecule has 0 saturated heterocycles. The molecule has 0 spiro atoms. The van der Waals surface area contributed by atoms with Crippen molar-refractivity contribution in [2.75, 3.05) is 13.7 Å². The second-order valence-corrected chi connectivity index (χ2v) is 3.21. The molecule has 1 aromatic heterocycles. The van der Waals surface area contributed by atoms with E-state index in [9.17, 15) is 0 Å². The van der Waals surface area contributed by atoms with Gasteiger partial charge in [0, 0.05) is 19.2 Å². The summed E-state index contributed by atoms with van der Waals surface area (Å²) in [6.45, 7) is 2.76. The summed E-state index contributed by atoms with van der Waals surface area (Å²) in [5, 5.41) is 0. The molecule has 0 radical (unpaired) electrons. The van der Waals surface area contributed by atoms with E-state index in [-0.39, 0.29) is 0 Å². The lowest BCUT2D eigenvalue weighted by molar-refractivity contribution is 0.200. The minimum absolute atomic E-state index is 0.654. The molecule has 13 heavy (non-hydrogen) atoms. The van der Waals surface area contributed by atoms with Crippen LogP contribution in [0.4, 0.5) is 0 Å². The molecule has 0 bridgehead atoms. The van der Waals surface area contributed by atoms with Crippen LogP contribution in [0.15, 0.2) is 6.07 Å². The van der Waals surface area contributed by atoms with Gasteiger partial charge in [0.2, 0.25) is 0 Å². The molecule has 1 aromatic rings. The topological polar surface area (TPSA) is 37.9 Å². The predicted octanol–water partition coefficient (Wildman–Crippen LogP) is 1.89. The number of aromatic amines is 1. The smallest absolute Gasteiger partial charge is 0.129 e. The number of ether oxygens (including phenoxy) is 1. The highest BCUT2D eigenvalue weighted by Gasteiger charge is 1.97. The maximum Gasteiger partial charge on any atom is 0.129 e. The number of hydrogen-bond acceptors (Lipinski definition) is 3. The van der Waals surface area contributed by atoms with Crippen LogP contribution in [0.25, 0.3) is 0 Å². The molecule has 0 aliphatic heterocycles. The van der Waals surface area contributed by atoms with Crippen LogP contribution in [0.3, 0.4) is 0 Å². The van der Waals surface area contributed by atoms with Crippen LogP contribution in [0.2, 0.25) is 0 Å². The first-order valence-electron chi connectivity index (χ1n) is 4.34. The normalized spacial score (nSPS) is 10.3. The maximum atomic E-state index is 5.03. The zero-order chi connectivity index (χ0) is 9.68. The first-order chi connectivity index (χ1) is 6.26. The fourth-order valence-electron chi connectivity index (χ4n) is 1.07. The first-order valence-corrected chi connectivity index (χ1v) is 4.75. The molecule has 0 aromatic carbocycles. The predicted molar refractivity (Wildman–Crippen MR) is 54.4 cm³/mol. The summed E-state index contributed by atoms with van der Waals surface area (Å²) in [7, 11) is 1.68. The Morgan fingerprint density at radius 1 is 1.62 bits per heavy atom. The number of rotatable bonds is 4. The molecule has 1 N–H and O–H groups in total. The van der Waals surface area contributed by atoms with Gasteiger partial charge in [-0.15, -0.1) is 0 Å². The van der Waals surface area contributed by atoms with E-state index in [2.05, 4.69) is 16.9 Å². The second kappa shape index (κ2) is 5.09. The molecule has 0 aliphatic carbocycles. The molecule has 0 unspecified atom stereocenters. The van der Waals surface area contributed by atoms with E-state index < -0.39 is 0 Å². The second-order valence-electron chi connectivity index (χ2n) is 2.79. The summed E-state index contributed by atoms with van der Waals surface area (Å²) in [6, 6.07) is 1.89. The molecule has 3 nitrogen and oxygen atoms in total. The number of hydrogen-bond donors (Lipinski definition) is 1. The van der Waals surface area contributed by atoms with Gasteiger partial charge in [0.1, 0.15) is 10.5 Å². The largest absolute Gasteiger partial charge is 0.384 e. The van der Waals surface area contributed by atoms with Crippen molar-refractivity contribution < 1.29 is 4.74 Å². The summed E-state index contributed by atoms with van der Waals surface area (Å²) < 4.78 is 5.62. The third kappa shape index (κ3) is 3.24. The summed E-state index contributed by atoms with van der Waals surface area (Å²) in [6.07, 6.45) is 1.74. The molecular formula is C9H14N2OS. The Morgan fingerprint density at radius 2 is 2.38 bits per heavy atom. The Labute approximate surface area is 83.2 Å². The molecule has 1 rings (SSSR count). The van der Waals surface area contributed by atoms with Gasteiger partial charge in [-0.1, -0.05) is 19.1 Å². The average molecular weight is 198 g/mol. The number of aromatic nitrogens is 2. The molecule has 0 aliphatic rings. The van der Waals surface area contributed by atoms with Crippen LogP contribution in [-0.2, 0) is 17.6 Å². The highest BCUT2D eigenvalue weighted by Crippen LogP contribution is 1.99. The Morgan fingerprint density at radius 3 is 3.00 bits per heavy atom. The van der Waals surface area contributed by atoms with Crippen LogP contribution in [-0.4, -0.2) is 23.7 Å². The average Bonchev–Trinajstić information content (AvgIpc) is 2.14. The minimum atomic E-state index is 0.654. The Bertz CT molecular complexity index is 322. The van der Waals surface area contributed by atoms with Gasteiger partial charge in [-0.3, -0.25) is 0 Å². The first kappa shape index (κ1) is 10.3. The van der Waals surface area contributed by atoms with E-state index in [1.807, 2.05) is 6.07 Å². The van der Waals surface area contributed by atoms with E-state index in [4.69, 9.17) is 17.0 Å². The van der Waals surface area contributed by atoms with E-state index in [0.29, 0.717) is 11.2 Å². The highest BCUT2D eigenvalue weighted by atomic mass is 32.1. The monoisotopic (exact) mass is 198 g/mol. The Hall–Kier alpha value is -0.740. The molecule has 0 saturated carbocycles. The quantitative estimate of drug-likeness (QED) is 0.751. The third-order valence-corrected chi connectivity index (χ3v) is 1.98. The van der Waals surface area contributed by atoms with Gasteiger partial charge in [0.15, 0.2) is 0 Å². The molecule has 0 atom stereocenters. The van der Waals surface area contributed by atoms with Gasteiger partial charge in [-0.05, 0) is 12.5 Å². The van der Waals surface area contributed by atoms with Gasteiger partial charge in [0.05, 0.1) is 6.61 Å². The summed E-state index contributed by atoms with van der Waals surface area (Å²) in [4.78, 5) is 7.41. The van der Waals surface area contributed by atoms with Crippen molar-refractivity contribution >= 4 is 12.2 Å². The molecule has 0 amide bonds. The lowest BCUT2D eigenvalue weighted by atomic mass is 10.3. The molecule has 72 valence electrons. The number of nitrogens with one attached hydrogen (secondary N) is 1. The number of nitrogens with zero attached hydrogens (tertiary/aromatic N) is 1. The summed E-state index contributed by atoms with van der Waals surface area (Å²) in [5.41, 5.74) is 1.13. The van der Waals surface area contributed by atoms with E-state index in [1.54, 1.807) is 7.11 Å². The van der Waals surface area contributed by atoms with Crippen LogP contribution < -0.4 is 0 Å². The van der Waals surface area contributed by atoms with Crippen LogP contribution in [0, 0.1) is 4.64 Å². The molecular weight excluding hydrogens is 184 g/mol. The number of H-pyrrole nitrogens is 1. The van der Waals surface area contributed by atoms with Crippen LogP contribution >= 0.6 is 12.2 Å². The van der Waals surface area contributed by atoms with Gasteiger partial charge >= 0.3 is 0 Å². The standard InChI is InChI=1S/C9H14N2OS/c1-3-7-6-9(13)11-8(10-7)4-5-12-2/h6H,3-5H2,1-2H3,(H,10,11,13). The van der Waals surface area contributed by atoms with Crippen LogP contribution in [0.1, 0.15) is 18.4 Å². The maximum absolute atomic E-state index is 5.03. The van der Waals surface area contributed by atoms with Crippen molar-refractivity contribution in [1.29, 1.82) is 0 Å². The number of methoxy groups -OCH3 is 1. The van der Waals surface area contributed by atoms with E-state index >= 15 is 0 Å². The number of aryl methyl sites for hydroxylation is 1. The molecule has 4 heteroatoms. The summed E-state index contributed by atoms with van der Waals surface area (Å²) >= 11 is 5.03. The molecule has 0 fully saturated rings. The third-order valence-electron chi connectivity index (χ3n) is 1.77. The van der Waals surface area contributed by atoms with Gasteiger partial charge in [0.25, 0.3) is 0 Å². The van der Waals surface area contributed by atoms with Gasteiger partial charge < -0.3 is 9.72 Å². The zero-order valence-electron chi connectivity index (χ0n) is 7.96. The highest BCUT2D eigenvalue weighted by molar-refractivity contribution is 7.71. The van der Waals surface area contributed by atoms with E-state index in [1.165, 1.54) is 0 Å². The fourth-order valence-corrected chi connectivity index (χ4v) is 1.32. The fraction of sp³-hybridized carbons (Fsp3) is 0.556. The van der Waals surface area contributed by atoms with Crippen molar-refractivity contribution in [2.24, 2.45) is 0 Å². The van der Waals surface area contributed by atoms with Crippen molar-refractivity contribution in [2.45, 2.75) is 19.8 Å². The van der Waals surface area contributed by atoms with Crippen LogP contribution in [0.5, 0.6) is 0 Å². The Balaban J connectivity index is 2.82. The van der Waals surface area contributed by atoms with Gasteiger partial charge in [-0.2, -0.15) is 0 Å². The van der Waals surface area contributed by atoms with Gasteiger partial charge in [-0.25, -0.2) is 4.98 Å². The van der Waals surface area contributed by atoms with Crippen molar-refractivity contribution in [3.63, 3.8) is 0 Å². The van der Waals surface area contributed by atoms with E-state index in [0.717, 1.165) is 24.4 Å². The van der Waals surface area contributed by atoms with Crippen molar-refractivity contribution in [1.82, 2.24) is 9.97 Å². The lowest BCUT2D eigenvalue weighted by Crippen LogP contribution is -2.03.